The number of hydrogen-bond acceptors (Lipinski definition) is 5. The van der Waals surface area contributed by atoms with Gasteiger partial charge in [-0.05, 0) is 71.0 Å². The molecule has 38 heavy (non-hydrogen) atoms. The van der Waals surface area contributed by atoms with Gasteiger partial charge in [-0.1, -0.05) is 41.4 Å². The van der Waals surface area contributed by atoms with Crippen LogP contribution in [0.1, 0.15) is 33.4 Å². The fourth-order valence-corrected chi connectivity index (χ4v) is 6.17. The summed E-state index contributed by atoms with van der Waals surface area (Å²) < 4.78 is 10.7. The Balaban J connectivity index is 1.41. The minimum atomic E-state index is -0.357. The Labute approximate surface area is 235 Å². The summed E-state index contributed by atoms with van der Waals surface area (Å²) in [6.07, 6.45) is 2.46. The van der Waals surface area contributed by atoms with Gasteiger partial charge in [-0.3, -0.25) is 9.59 Å². The van der Waals surface area contributed by atoms with E-state index >= 15 is 0 Å². The van der Waals surface area contributed by atoms with Crippen molar-refractivity contribution in [1.29, 1.82) is 0 Å². The van der Waals surface area contributed by atoms with Crippen LogP contribution in [0.25, 0.3) is 0 Å². The van der Waals surface area contributed by atoms with E-state index in [2.05, 4.69) is 0 Å². The van der Waals surface area contributed by atoms with E-state index in [1.54, 1.807) is 53.9 Å². The third kappa shape index (κ3) is 5.75. The summed E-state index contributed by atoms with van der Waals surface area (Å²) in [5.41, 5.74) is 2.70. The Morgan fingerprint density at radius 3 is 2.63 bits per heavy atom. The molecule has 1 unspecified atom stereocenters. The van der Waals surface area contributed by atoms with Gasteiger partial charge >= 0.3 is 0 Å². The molecule has 0 saturated heterocycles. The highest BCUT2D eigenvalue weighted by atomic mass is 35.5. The molecule has 1 aliphatic rings. The molecule has 0 radical (unpaired) electrons. The Morgan fingerprint density at radius 1 is 1.11 bits per heavy atom. The Bertz CT molecular complexity index is 1420. The van der Waals surface area contributed by atoms with Crippen LogP contribution in [0, 0.1) is 0 Å². The van der Waals surface area contributed by atoms with Crippen LogP contribution in [0.15, 0.2) is 76.7 Å². The molecule has 4 aromatic rings. The second-order valence-corrected chi connectivity index (χ2v) is 10.9. The zero-order valence-electron chi connectivity index (χ0n) is 20.7. The number of furan rings is 1. The van der Waals surface area contributed by atoms with Gasteiger partial charge in [0, 0.05) is 21.5 Å². The van der Waals surface area contributed by atoms with Gasteiger partial charge < -0.3 is 19.0 Å². The topological polar surface area (TPSA) is 63.0 Å². The van der Waals surface area contributed by atoms with E-state index in [4.69, 9.17) is 32.4 Å². The number of thiophene rings is 1. The van der Waals surface area contributed by atoms with Crippen molar-refractivity contribution in [2.75, 3.05) is 20.2 Å². The monoisotopic (exact) mass is 568 g/mol. The molecule has 0 saturated carbocycles. The molecule has 2 aromatic carbocycles. The summed E-state index contributed by atoms with van der Waals surface area (Å²) >= 11 is 14.5. The second kappa shape index (κ2) is 11.6. The first kappa shape index (κ1) is 26.4. The van der Waals surface area contributed by atoms with E-state index < -0.39 is 0 Å². The summed E-state index contributed by atoms with van der Waals surface area (Å²) in [5.74, 6) is 0.993. The van der Waals surface area contributed by atoms with E-state index in [1.807, 2.05) is 46.7 Å². The zero-order chi connectivity index (χ0) is 26.6. The first-order chi connectivity index (χ1) is 18.4. The van der Waals surface area contributed by atoms with E-state index in [0.29, 0.717) is 28.1 Å². The lowest BCUT2D eigenvalue weighted by Crippen LogP contribution is -2.46. The van der Waals surface area contributed by atoms with Crippen molar-refractivity contribution in [2.45, 2.75) is 25.4 Å². The molecule has 0 N–H and O–H groups in total. The quantitative estimate of drug-likeness (QED) is 0.246. The summed E-state index contributed by atoms with van der Waals surface area (Å²) in [7, 11) is 1.60. The van der Waals surface area contributed by atoms with E-state index in [0.717, 1.165) is 23.1 Å². The lowest BCUT2D eigenvalue weighted by molar-refractivity contribution is -0.142. The van der Waals surface area contributed by atoms with Crippen molar-refractivity contribution in [2.24, 2.45) is 0 Å². The minimum absolute atomic E-state index is 0.0864. The number of halogens is 2. The summed E-state index contributed by atoms with van der Waals surface area (Å²) in [6, 6.07) is 17.9. The SMILES string of the molecule is COc1ccc(CC(=O)N(CC(=O)N2CCc3sccc3C2c2ccc(Cl)cc2Cl)Cc2ccco2)cc1. The Morgan fingerprint density at radius 2 is 1.92 bits per heavy atom. The summed E-state index contributed by atoms with van der Waals surface area (Å²) in [4.78, 5) is 31.9. The highest BCUT2D eigenvalue weighted by molar-refractivity contribution is 7.10. The number of hydrogen-bond donors (Lipinski definition) is 0. The molecular formula is C29H26Cl2N2O4S. The van der Waals surface area contributed by atoms with Crippen LogP contribution in [-0.4, -0.2) is 41.8 Å². The Kier molecular flexibility index (Phi) is 8.07. The molecule has 6 nitrogen and oxygen atoms in total. The second-order valence-electron chi connectivity index (χ2n) is 9.06. The van der Waals surface area contributed by atoms with Crippen LogP contribution in [0.2, 0.25) is 10.0 Å². The molecule has 196 valence electrons. The number of rotatable bonds is 8. The van der Waals surface area contributed by atoms with Crippen LogP contribution in [-0.2, 0) is 29.0 Å². The minimum Gasteiger partial charge on any atom is -0.497 e. The maximum absolute atomic E-state index is 13.9. The number of fused-ring (bicyclic) bond motifs is 1. The van der Waals surface area contributed by atoms with Crippen molar-refractivity contribution in [3.63, 3.8) is 0 Å². The fraction of sp³-hybridized carbons (Fsp3) is 0.241. The average Bonchev–Trinajstić information content (AvgIpc) is 3.60. The van der Waals surface area contributed by atoms with Gasteiger partial charge in [-0.15, -0.1) is 11.3 Å². The van der Waals surface area contributed by atoms with Crippen LogP contribution in [0.3, 0.4) is 0 Å². The van der Waals surface area contributed by atoms with Gasteiger partial charge in [-0.2, -0.15) is 0 Å². The fourth-order valence-electron chi connectivity index (χ4n) is 4.75. The standard InChI is InChI=1S/C29H26Cl2N2O4S/c1-36-21-7-4-19(5-8-21)15-27(34)32(17-22-3-2-13-37-22)18-28(35)33-12-10-26-24(11-14-38-26)29(33)23-9-6-20(30)16-25(23)31/h2-9,11,13-14,16,29H,10,12,15,17-18H2,1H3. The summed E-state index contributed by atoms with van der Waals surface area (Å²) in [6.45, 7) is 0.631. The van der Waals surface area contributed by atoms with Crippen molar-refractivity contribution < 1.29 is 18.7 Å². The third-order valence-electron chi connectivity index (χ3n) is 6.66. The molecule has 2 amide bonds. The molecular weight excluding hydrogens is 543 g/mol. The maximum Gasteiger partial charge on any atom is 0.243 e. The van der Waals surface area contributed by atoms with Gasteiger partial charge in [-0.25, -0.2) is 0 Å². The molecule has 0 spiro atoms. The molecule has 0 bridgehead atoms. The predicted octanol–water partition coefficient (Wildman–Crippen LogP) is 6.40. The number of ether oxygens (including phenoxy) is 1. The predicted molar refractivity (Wildman–Crippen MR) is 149 cm³/mol. The maximum atomic E-state index is 13.9. The highest BCUT2D eigenvalue weighted by Crippen LogP contribution is 2.41. The smallest absolute Gasteiger partial charge is 0.243 e. The first-order valence-electron chi connectivity index (χ1n) is 12.2. The van der Waals surface area contributed by atoms with Crippen molar-refractivity contribution in [3.8, 4) is 5.75 Å². The molecule has 5 rings (SSSR count). The number of methoxy groups -OCH3 is 1. The third-order valence-corrected chi connectivity index (χ3v) is 8.22. The van der Waals surface area contributed by atoms with E-state index in [-0.39, 0.29) is 37.4 Å². The molecule has 0 aliphatic carbocycles. The van der Waals surface area contributed by atoms with E-state index in [9.17, 15) is 9.59 Å². The number of benzene rings is 2. The van der Waals surface area contributed by atoms with Gasteiger partial charge in [0.1, 0.15) is 18.1 Å². The lowest BCUT2D eigenvalue weighted by atomic mass is 9.93. The molecule has 2 aromatic heterocycles. The van der Waals surface area contributed by atoms with Crippen molar-refractivity contribution >= 4 is 46.4 Å². The van der Waals surface area contributed by atoms with Crippen LogP contribution in [0.4, 0.5) is 0 Å². The Hall–Kier alpha value is -3.26. The summed E-state index contributed by atoms with van der Waals surface area (Å²) in [5, 5.41) is 3.07. The highest BCUT2D eigenvalue weighted by Gasteiger charge is 2.35. The molecule has 3 heterocycles. The van der Waals surface area contributed by atoms with Gasteiger partial charge in [0.2, 0.25) is 11.8 Å². The van der Waals surface area contributed by atoms with E-state index in [1.165, 1.54) is 4.88 Å². The number of amides is 2. The number of carbonyl (C=O) groups is 2. The largest absolute Gasteiger partial charge is 0.497 e. The van der Waals surface area contributed by atoms with Gasteiger partial charge in [0.05, 0.1) is 32.4 Å². The molecule has 9 heteroatoms. The molecule has 1 atom stereocenters. The normalized spacial score (nSPS) is 14.7. The number of nitrogens with zero attached hydrogens (tertiary/aromatic N) is 2. The average molecular weight is 570 g/mol. The zero-order valence-corrected chi connectivity index (χ0v) is 23.1. The van der Waals surface area contributed by atoms with Crippen molar-refractivity contribution in [3.05, 3.63) is 110 Å². The van der Waals surface area contributed by atoms with Crippen LogP contribution >= 0.6 is 34.5 Å². The van der Waals surface area contributed by atoms with Crippen molar-refractivity contribution in [1.82, 2.24) is 9.80 Å². The lowest BCUT2D eigenvalue weighted by Gasteiger charge is -2.38. The number of carbonyl (C=O) groups excluding carboxylic acids is 2. The van der Waals surface area contributed by atoms with Crippen LogP contribution < -0.4 is 4.74 Å². The molecule has 1 aliphatic heterocycles. The first-order valence-corrected chi connectivity index (χ1v) is 13.8. The van der Waals surface area contributed by atoms with Gasteiger partial charge in [0.15, 0.2) is 0 Å². The van der Waals surface area contributed by atoms with Gasteiger partial charge in [0.25, 0.3) is 0 Å². The van der Waals surface area contributed by atoms with Crippen LogP contribution in [0.5, 0.6) is 5.75 Å². The molecule has 0 fully saturated rings.